The second kappa shape index (κ2) is 5.98. The van der Waals surface area contributed by atoms with E-state index in [1.165, 1.54) is 18.2 Å². The van der Waals surface area contributed by atoms with Crippen molar-refractivity contribution in [2.45, 2.75) is 19.1 Å². The Labute approximate surface area is 147 Å². The van der Waals surface area contributed by atoms with Crippen LogP contribution in [0.5, 0.6) is 11.5 Å². The van der Waals surface area contributed by atoms with Crippen molar-refractivity contribution in [3.63, 3.8) is 0 Å². The molecule has 0 aromatic heterocycles. The topological polar surface area (TPSA) is 76.7 Å². The summed E-state index contributed by atoms with van der Waals surface area (Å²) < 4.78 is 34.7. The second-order valence-electron chi connectivity index (χ2n) is 6.12. The van der Waals surface area contributed by atoms with Gasteiger partial charge in [0.2, 0.25) is 5.91 Å². The van der Waals surface area contributed by atoms with Gasteiger partial charge < -0.3 is 20.1 Å². The van der Waals surface area contributed by atoms with Crippen molar-refractivity contribution < 1.29 is 27.8 Å². The Bertz CT molecular complexity index is 879. The molecule has 1 heterocycles. The Hall–Kier alpha value is -3.16. The predicted molar refractivity (Wildman–Crippen MR) is 88.4 cm³/mol. The van der Waals surface area contributed by atoms with E-state index >= 15 is 0 Å². The highest BCUT2D eigenvalue weighted by Gasteiger charge is 2.43. The third-order valence-corrected chi connectivity index (χ3v) is 4.02. The van der Waals surface area contributed by atoms with Crippen LogP contribution in [0.1, 0.15) is 23.2 Å². The lowest BCUT2D eigenvalue weighted by molar-refractivity contribution is -0.286. The molecule has 8 heteroatoms. The highest BCUT2D eigenvalue weighted by atomic mass is 19.3. The zero-order chi connectivity index (χ0) is 18.3. The molecule has 2 aromatic rings. The molecule has 26 heavy (non-hydrogen) atoms. The lowest BCUT2D eigenvalue weighted by atomic mass is 10.2. The van der Waals surface area contributed by atoms with Gasteiger partial charge in [-0.05, 0) is 49.2 Å². The number of halogens is 2. The lowest BCUT2D eigenvalue weighted by Gasteiger charge is -2.08. The number of amides is 2. The molecule has 0 bridgehead atoms. The minimum atomic E-state index is -3.70. The zero-order valence-electron chi connectivity index (χ0n) is 13.4. The molecule has 0 saturated heterocycles. The predicted octanol–water partition coefficient (Wildman–Crippen LogP) is 3.61. The summed E-state index contributed by atoms with van der Waals surface area (Å²) in [5.74, 6) is -0.582. The van der Waals surface area contributed by atoms with Crippen LogP contribution in [0.25, 0.3) is 0 Å². The van der Waals surface area contributed by atoms with Crippen molar-refractivity contribution in [2.24, 2.45) is 5.92 Å². The standard InChI is InChI=1S/C18H14F2N2O4/c19-18(20)25-14-8-7-13(9-15(14)26-18)22-17(24)11-3-5-12(6-4-11)21-16(23)10-1-2-10/h3-10H,1-2H2,(H,21,23)(H,22,24). The van der Waals surface area contributed by atoms with E-state index in [-0.39, 0.29) is 23.3 Å². The third kappa shape index (κ3) is 3.44. The van der Waals surface area contributed by atoms with Crippen LogP contribution in [0.2, 0.25) is 0 Å². The molecular weight excluding hydrogens is 346 g/mol. The molecule has 6 nitrogen and oxygen atoms in total. The van der Waals surface area contributed by atoms with E-state index < -0.39 is 12.2 Å². The summed E-state index contributed by atoms with van der Waals surface area (Å²) in [6.45, 7) is 0. The van der Waals surface area contributed by atoms with Crippen molar-refractivity contribution in [1.82, 2.24) is 0 Å². The molecule has 1 aliphatic carbocycles. The monoisotopic (exact) mass is 360 g/mol. The fourth-order valence-electron chi connectivity index (χ4n) is 2.52. The van der Waals surface area contributed by atoms with Gasteiger partial charge in [0, 0.05) is 28.9 Å². The average molecular weight is 360 g/mol. The van der Waals surface area contributed by atoms with Gasteiger partial charge in [-0.2, -0.15) is 0 Å². The normalized spacial score (nSPS) is 16.8. The van der Waals surface area contributed by atoms with Crippen molar-refractivity contribution in [2.75, 3.05) is 10.6 Å². The molecule has 1 aliphatic heterocycles. The molecule has 0 unspecified atom stereocenters. The van der Waals surface area contributed by atoms with Crippen LogP contribution in [0.3, 0.4) is 0 Å². The van der Waals surface area contributed by atoms with Gasteiger partial charge in [-0.25, -0.2) is 0 Å². The van der Waals surface area contributed by atoms with Gasteiger partial charge >= 0.3 is 6.29 Å². The number of carbonyl (C=O) groups excluding carboxylic acids is 2. The van der Waals surface area contributed by atoms with E-state index in [0.29, 0.717) is 16.9 Å². The van der Waals surface area contributed by atoms with Crippen LogP contribution >= 0.6 is 0 Å². The summed E-state index contributed by atoms with van der Waals surface area (Å²) in [5, 5.41) is 5.38. The van der Waals surface area contributed by atoms with Crippen molar-refractivity contribution in [1.29, 1.82) is 0 Å². The number of hydrogen-bond acceptors (Lipinski definition) is 4. The Balaban J connectivity index is 1.41. The van der Waals surface area contributed by atoms with Crippen LogP contribution in [0.4, 0.5) is 20.2 Å². The average Bonchev–Trinajstić information content (AvgIpc) is 3.38. The number of alkyl halides is 2. The van der Waals surface area contributed by atoms with Crippen LogP contribution in [0.15, 0.2) is 42.5 Å². The summed E-state index contributed by atoms with van der Waals surface area (Å²) in [6.07, 6.45) is -1.88. The molecule has 2 amide bonds. The van der Waals surface area contributed by atoms with E-state index in [4.69, 9.17) is 0 Å². The minimum Gasteiger partial charge on any atom is -0.395 e. The first-order valence-electron chi connectivity index (χ1n) is 8.02. The number of fused-ring (bicyclic) bond motifs is 1. The number of hydrogen-bond donors (Lipinski definition) is 2. The molecule has 0 spiro atoms. The van der Waals surface area contributed by atoms with Gasteiger partial charge in [0.25, 0.3) is 5.91 Å². The maximum atomic E-state index is 13.0. The molecule has 0 atom stereocenters. The van der Waals surface area contributed by atoms with Gasteiger partial charge in [0.15, 0.2) is 11.5 Å². The Morgan fingerprint density at radius 3 is 2.27 bits per heavy atom. The van der Waals surface area contributed by atoms with Crippen LogP contribution in [-0.4, -0.2) is 18.1 Å². The summed E-state index contributed by atoms with van der Waals surface area (Å²) in [6, 6.07) is 10.4. The fourth-order valence-corrected chi connectivity index (χ4v) is 2.52. The summed E-state index contributed by atoms with van der Waals surface area (Å²) in [7, 11) is 0. The molecule has 2 aromatic carbocycles. The molecule has 1 saturated carbocycles. The summed E-state index contributed by atoms with van der Waals surface area (Å²) >= 11 is 0. The lowest BCUT2D eigenvalue weighted by Crippen LogP contribution is -2.25. The number of ether oxygens (including phenoxy) is 2. The zero-order valence-corrected chi connectivity index (χ0v) is 13.4. The number of rotatable bonds is 4. The summed E-state index contributed by atoms with van der Waals surface area (Å²) in [4.78, 5) is 24.0. The van der Waals surface area contributed by atoms with E-state index in [1.807, 2.05) is 0 Å². The largest absolute Gasteiger partial charge is 0.586 e. The first-order valence-corrected chi connectivity index (χ1v) is 8.02. The molecule has 2 aliphatic rings. The van der Waals surface area contributed by atoms with Crippen molar-refractivity contribution in [3.05, 3.63) is 48.0 Å². The Morgan fingerprint density at radius 1 is 0.923 bits per heavy atom. The third-order valence-electron chi connectivity index (χ3n) is 4.02. The van der Waals surface area contributed by atoms with E-state index in [1.54, 1.807) is 24.3 Å². The van der Waals surface area contributed by atoms with Crippen molar-refractivity contribution in [3.8, 4) is 11.5 Å². The van der Waals surface area contributed by atoms with Gasteiger partial charge in [-0.3, -0.25) is 9.59 Å². The number of anilines is 2. The van der Waals surface area contributed by atoms with Crippen LogP contribution in [0, 0.1) is 5.92 Å². The van der Waals surface area contributed by atoms with E-state index in [0.717, 1.165) is 12.8 Å². The van der Waals surface area contributed by atoms with Crippen LogP contribution < -0.4 is 20.1 Å². The van der Waals surface area contributed by atoms with Crippen LogP contribution in [-0.2, 0) is 4.79 Å². The van der Waals surface area contributed by atoms with E-state index in [2.05, 4.69) is 20.1 Å². The van der Waals surface area contributed by atoms with Crippen molar-refractivity contribution >= 4 is 23.2 Å². The minimum absolute atomic E-state index is 0.0145. The molecule has 2 N–H and O–H groups in total. The SMILES string of the molecule is O=C(Nc1ccc2c(c1)OC(F)(F)O2)c1ccc(NC(=O)C2CC2)cc1. The molecule has 134 valence electrons. The first-order chi connectivity index (χ1) is 12.4. The first kappa shape index (κ1) is 16.3. The Morgan fingerprint density at radius 2 is 1.58 bits per heavy atom. The molecule has 4 rings (SSSR count). The molecule has 1 fully saturated rings. The van der Waals surface area contributed by atoms with Gasteiger partial charge in [0.1, 0.15) is 0 Å². The van der Waals surface area contributed by atoms with Gasteiger partial charge in [0.05, 0.1) is 0 Å². The number of nitrogens with one attached hydrogen (secondary N) is 2. The maximum Gasteiger partial charge on any atom is 0.586 e. The maximum absolute atomic E-state index is 13.0. The molecular formula is C18H14F2N2O4. The smallest absolute Gasteiger partial charge is 0.395 e. The fraction of sp³-hybridized carbons (Fsp3) is 0.222. The summed E-state index contributed by atoms with van der Waals surface area (Å²) in [5.41, 5.74) is 1.27. The number of benzene rings is 2. The van der Waals surface area contributed by atoms with E-state index in [9.17, 15) is 18.4 Å². The van der Waals surface area contributed by atoms with Gasteiger partial charge in [-0.1, -0.05) is 0 Å². The highest BCUT2D eigenvalue weighted by molar-refractivity contribution is 6.05. The second-order valence-corrected chi connectivity index (χ2v) is 6.12. The molecule has 0 radical (unpaired) electrons. The quantitative estimate of drug-likeness (QED) is 0.873. The Kier molecular flexibility index (Phi) is 3.75. The highest BCUT2D eigenvalue weighted by Crippen LogP contribution is 2.42. The van der Waals surface area contributed by atoms with Gasteiger partial charge in [-0.15, -0.1) is 8.78 Å². The number of carbonyl (C=O) groups is 2.